The molecule has 0 heterocycles. The molecule has 0 radical (unpaired) electrons. The van der Waals surface area contributed by atoms with Crippen LogP contribution in [0.25, 0.3) is 0 Å². The Morgan fingerprint density at radius 1 is 0.477 bits per heavy atom. The van der Waals surface area contributed by atoms with Gasteiger partial charge in [-0.1, -0.05) is 199 Å². The van der Waals surface area contributed by atoms with E-state index in [9.17, 15) is 44.6 Å². The Hall–Kier alpha value is -1.67. The summed E-state index contributed by atoms with van der Waals surface area (Å²) in [7, 11) is -5.12. The van der Waals surface area contributed by atoms with Gasteiger partial charge in [-0.15, -0.1) is 0 Å². The quantitative estimate of drug-likeness (QED) is 0.0146. The fourth-order valence-electron chi connectivity index (χ4n) is 8.08. The van der Waals surface area contributed by atoms with Crippen LogP contribution in [-0.4, -0.2) is 98.3 Å². The normalized spacial score (nSPS) is 21.5. The van der Waals surface area contributed by atoms with E-state index in [1.54, 1.807) is 0 Å². The number of phosphoric ester groups is 1. The molecule has 14 heteroatoms. The zero-order valence-corrected chi connectivity index (χ0v) is 41.7. The van der Waals surface area contributed by atoms with Crippen LogP contribution in [-0.2, 0) is 32.7 Å². The highest BCUT2D eigenvalue weighted by molar-refractivity contribution is 7.47. The summed E-state index contributed by atoms with van der Waals surface area (Å²) in [5, 5.41) is 50.3. The van der Waals surface area contributed by atoms with Crippen molar-refractivity contribution in [2.24, 2.45) is 0 Å². The maximum atomic E-state index is 12.9. The Bertz CT molecular complexity index is 1230. The fourth-order valence-corrected chi connectivity index (χ4v) is 9.06. The highest BCUT2D eigenvalue weighted by Crippen LogP contribution is 2.47. The third-order valence-electron chi connectivity index (χ3n) is 12.3. The van der Waals surface area contributed by atoms with Gasteiger partial charge in [0.25, 0.3) is 0 Å². The lowest BCUT2D eigenvalue weighted by Crippen LogP contribution is -2.64. The molecule has 0 aromatic carbocycles. The summed E-state index contributed by atoms with van der Waals surface area (Å²) in [5.74, 6) is -1.09. The highest BCUT2D eigenvalue weighted by Gasteiger charge is 2.51. The standard InChI is InChI=1S/C51H95O13P/c1-3-5-7-9-11-13-15-17-19-21-22-24-25-27-29-31-33-35-37-39-44(52)61-41-43(42-62-65(59,60)64-51-49(57)47(55)46(54)48(56)50(51)58)63-45(53)40-38-36-34-32-30-28-26-23-20-18-16-14-12-10-8-6-4-2/h11,13,17,19,43,46-51,54-58H,3-10,12,14-16,18,20-42H2,1-2H3,(H,59,60)/b13-11-,19-17-/t43-,46?,47-,48?,49?,50?,51?/m1/s1. The first-order valence-corrected chi connectivity index (χ1v) is 27.6. The largest absolute Gasteiger partial charge is 0.472 e. The van der Waals surface area contributed by atoms with Gasteiger partial charge in [-0.05, 0) is 44.9 Å². The van der Waals surface area contributed by atoms with Crippen molar-refractivity contribution in [1.82, 2.24) is 0 Å². The zero-order chi connectivity index (χ0) is 47.8. The van der Waals surface area contributed by atoms with Crippen LogP contribution in [0, 0.1) is 0 Å². The molecule has 65 heavy (non-hydrogen) atoms. The number of allylic oxidation sites excluding steroid dienone is 4. The van der Waals surface area contributed by atoms with E-state index in [0.29, 0.717) is 12.8 Å². The van der Waals surface area contributed by atoms with Crippen LogP contribution in [0.1, 0.15) is 232 Å². The summed E-state index contributed by atoms with van der Waals surface area (Å²) >= 11 is 0. The smallest absolute Gasteiger partial charge is 0.462 e. The molecule has 1 saturated carbocycles. The number of aliphatic hydroxyl groups is 5. The van der Waals surface area contributed by atoms with Crippen molar-refractivity contribution in [2.75, 3.05) is 13.2 Å². The molecule has 6 N–H and O–H groups in total. The monoisotopic (exact) mass is 947 g/mol. The molecule has 8 atom stereocenters. The number of ether oxygens (including phenoxy) is 2. The molecule has 13 nitrogen and oxygen atoms in total. The van der Waals surface area contributed by atoms with Crippen LogP contribution in [0.2, 0.25) is 0 Å². The van der Waals surface area contributed by atoms with E-state index in [2.05, 4.69) is 38.2 Å². The Kier molecular flexibility index (Phi) is 39.0. The lowest BCUT2D eigenvalue weighted by molar-refractivity contribution is -0.220. The maximum Gasteiger partial charge on any atom is 0.472 e. The molecule has 1 fully saturated rings. The van der Waals surface area contributed by atoms with Gasteiger partial charge in [0, 0.05) is 12.8 Å². The Morgan fingerprint density at radius 2 is 0.831 bits per heavy atom. The summed E-state index contributed by atoms with van der Waals surface area (Å²) in [5.41, 5.74) is 0. The van der Waals surface area contributed by atoms with E-state index in [4.69, 9.17) is 18.5 Å². The van der Waals surface area contributed by atoms with Crippen LogP contribution in [0.5, 0.6) is 0 Å². The molecule has 0 aromatic rings. The van der Waals surface area contributed by atoms with Gasteiger partial charge in [0.1, 0.15) is 43.2 Å². The van der Waals surface area contributed by atoms with E-state index < -0.39 is 75.7 Å². The van der Waals surface area contributed by atoms with Gasteiger partial charge in [-0.3, -0.25) is 18.6 Å². The Labute approximate surface area is 394 Å². The molecule has 382 valence electrons. The molecule has 6 unspecified atom stereocenters. The minimum absolute atomic E-state index is 0.101. The molecular formula is C51H95O13P. The van der Waals surface area contributed by atoms with E-state index in [1.165, 1.54) is 135 Å². The van der Waals surface area contributed by atoms with Gasteiger partial charge in [0.05, 0.1) is 6.61 Å². The predicted octanol–water partition coefficient (Wildman–Crippen LogP) is 11.2. The van der Waals surface area contributed by atoms with Crippen molar-refractivity contribution in [3.63, 3.8) is 0 Å². The number of carbonyl (C=O) groups is 2. The summed E-state index contributed by atoms with van der Waals surface area (Å²) in [6.45, 7) is 3.31. The number of phosphoric acid groups is 1. The number of hydrogen-bond donors (Lipinski definition) is 6. The lowest BCUT2D eigenvalue weighted by atomic mass is 9.85. The third kappa shape index (κ3) is 33.5. The Balaban J connectivity index is 2.38. The van der Waals surface area contributed by atoms with Gasteiger partial charge in [-0.2, -0.15) is 0 Å². The average Bonchev–Trinajstić information content (AvgIpc) is 3.29. The number of rotatable bonds is 44. The molecule has 0 saturated heterocycles. The van der Waals surface area contributed by atoms with E-state index in [1.807, 2.05) is 0 Å². The molecule has 0 bridgehead atoms. The first kappa shape index (κ1) is 61.3. The van der Waals surface area contributed by atoms with E-state index >= 15 is 0 Å². The highest BCUT2D eigenvalue weighted by atomic mass is 31.2. The fraction of sp³-hybridized carbons (Fsp3) is 0.882. The molecule has 1 aliphatic rings. The average molecular weight is 947 g/mol. The van der Waals surface area contributed by atoms with Crippen LogP contribution < -0.4 is 0 Å². The topological polar surface area (TPSA) is 210 Å². The van der Waals surface area contributed by atoms with Crippen LogP contribution >= 0.6 is 7.82 Å². The minimum Gasteiger partial charge on any atom is -0.462 e. The van der Waals surface area contributed by atoms with Gasteiger partial charge in [-0.25, -0.2) is 4.57 Å². The number of hydrogen-bond acceptors (Lipinski definition) is 12. The molecular weight excluding hydrogens is 852 g/mol. The molecule has 0 aromatic heterocycles. The Morgan fingerprint density at radius 3 is 1.28 bits per heavy atom. The predicted molar refractivity (Wildman–Crippen MR) is 258 cm³/mol. The molecule has 0 amide bonds. The van der Waals surface area contributed by atoms with Crippen molar-refractivity contribution >= 4 is 19.8 Å². The molecule has 0 aliphatic heterocycles. The van der Waals surface area contributed by atoms with Crippen LogP contribution in [0.15, 0.2) is 24.3 Å². The van der Waals surface area contributed by atoms with Gasteiger partial charge < -0.3 is 39.9 Å². The number of aliphatic hydroxyl groups excluding tert-OH is 5. The first-order valence-electron chi connectivity index (χ1n) is 26.1. The summed E-state index contributed by atoms with van der Waals surface area (Å²) in [6, 6.07) is 0. The second-order valence-corrected chi connectivity index (χ2v) is 19.8. The SMILES string of the molecule is CCCCC/C=C\C/C=C\CCCCCCCCCCCC(=O)OC[C@H](COP(=O)(O)OC1C(O)C(O)C(O)[C@@H](O)C1O)OC(=O)CCCCCCCCCCCCCCCCCCC. The number of carbonyl (C=O) groups excluding carboxylic acids is 2. The number of unbranched alkanes of at least 4 members (excludes halogenated alkanes) is 28. The van der Waals surface area contributed by atoms with Crippen molar-refractivity contribution in [3.05, 3.63) is 24.3 Å². The van der Waals surface area contributed by atoms with Crippen molar-refractivity contribution in [1.29, 1.82) is 0 Å². The van der Waals surface area contributed by atoms with Crippen molar-refractivity contribution in [3.8, 4) is 0 Å². The van der Waals surface area contributed by atoms with Crippen molar-refractivity contribution < 1.29 is 63.1 Å². The maximum absolute atomic E-state index is 12.9. The minimum atomic E-state index is -5.12. The third-order valence-corrected chi connectivity index (χ3v) is 13.3. The van der Waals surface area contributed by atoms with E-state index in [-0.39, 0.29) is 12.8 Å². The summed E-state index contributed by atoms with van der Waals surface area (Å²) in [4.78, 5) is 35.8. The van der Waals surface area contributed by atoms with E-state index in [0.717, 1.165) is 57.8 Å². The molecule has 0 spiro atoms. The van der Waals surface area contributed by atoms with Gasteiger partial charge in [0.2, 0.25) is 0 Å². The van der Waals surface area contributed by atoms with Gasteiger partial charge >= 0.3 is 19.8 Å². The molecule has 1 rings (SSSR count). The first-order chi connectivity index (χ1) is 31.4. The molecule has 1 aliphatic carbocycles. The zero-order valence-electron chi connectivity index (χ0n) is 40.8. The lowest BCUT2D eigenvalue weighted by Gasteiger charge is -2.41. The number of esters is 2. The summed E-state index contributed by atoms with van der Waals surface area (Å²) in [6.07, 6.45) is 33.6. The summed E-state index contributed by atoms with van der Waals surface area (Å²) < 4.78 is 33.7. The van der Waals surface area contributed by atoms with Crippen LogP contribution in [0.4, 0.5) is 0 Å². The second-order valence-electron chi connectivity index (χ2n) is 18.4. The van der Waals surface area contributed by atoms with Crippen LogP contribution in [0.3, 0.4) is 0 Å². The van der Waals surface area contributed by atoms with Gasteiger partial charge in [0.15, 0.2) is 6.10 Å². The second kappa shape index (κ2) is 41.3. The van der Waals surface area contributed by atoms with Crippen molar-refractivity contribution in [2.45, 2.75) is 275 Å².